The molecule has 0 aliphatic carbocycles. The van der Waals surface area contributed by atoms with Gasteiger partial charge in [-0.1, -0.05) is 44.0 Å². The molecule has 1 aromatic carbocycles. The number of nitrogens with zero attached hydrogens (tertiary/aromatic N) is 1. The largest absolute Gasteiger partial charge is 0.342 e. The number of carbonyl (C=O) groups is 2. The number of benzene rings is 1. The molecule has 1 aromatic rings. The molecule has 2 N–H and O–H groups in total. The van der Waals surface area contributed by atoms with Crippen molar-refractivity contribution in [3.05, 3.63) is 34.9 Å². The van der Waals surface area contributed by atoms with Crippen LogP contribution < -0.4 is 10.6 Å². The Kier molecular flexibility index (Phi) is 5.11. The van der Waals surface area contributed by atoms with Crippen LogP contribution in [0.3, 0.4) is 0 Å². The predicted molar refractivity (Wildman–Crippen MR) is 93.6 cm³/mol. The zero-order chi connectivity index (χ0) is 17.3. The van der Waals surface area contributed by atoms with E-state index in [1.165, 1.54) is 0 Å². The van der Waals surface area contributed by atoms with Crippen LogP contribution in [0.2, 0.25) is 5.02 Å². The van der Waals surface area contributed by atoms with Gasteiger partial charge in [0.2, 0.25) is 11.8 Å². The summed E-state index contributed by atoms with van der Waals surface area (Å²) in [7, 11) is 0. The number of hydrogen-bond donors (Lipinski definition) is 2. The molecule has 2 aliphatic rings. The van der Waals surface area contributed by atoms with Crippen LogP contribution in [0.1, 0.15) is 32.3 Å². The first-order valence-electron chi connectivity index (χ1n) is 8.58. The summed E-state index contributed by atoms with van der Waals surface area (Å²) in [5.74, 6) is 0.198. The van der Waals surface area contributed by atoms with E-state index in [2.05, 4.69) is 10.6 Å². The number of piperazine rings is 1. The Morgan fingerprint density at radius 1 is 1.33 bits per heavy atom. The molecule has 4 atom stereocenters. The molecule has 6 heteroatoms. The lowest BCUT2D eigenvalue weighted by molar-refractivity contribution is -0.148. The number of amides is 2. The zero-order valence-corrected chi connectivity index (χ0v) is 14.8. The van der Waals surface area contributed by atoms with Gasteiger partial charge in [0, 0.05) is 24.2 Å². The van der Waals surface area contributed by atoms with Crippen molar-refractivity contribution in [1.82, 2.24) is 15.5 Å². The molecular formula is C18H24ClN3O2. The van der Waals surface area contributed by atoms with E-state index in [9.17, 15) is 9.59 Å². The van der Waals surface area contributed by atoms with Crippen LogP contribution in [-0.2, 0) is 16.1 Å². The van der Waals surface area contributed by atoms with E-state index >= 15 is 0 Å². The maximum Gasteiger partial charge on any atom is 0.246 e. The molecule has 2 amide bonds. The second kappa shape index (κ2) is 7.11. The number of carbonyl (C=O) groups excluding carboxylic acids is 2. The summed E-state index contributed by atoms with van der Waals surface area (Å²) in [5, 5.41) is 7.09. The average Bonchev–Trinajstić information content (AvgIpc) is 3.02. The molecule has 2 heterocycles. The molecule has 0 aromatic heterocycles. The van der Waals surface area contributed by atoms with Gasteiger partial charge in [0.25, 0.3) is 0 Å². The Hall–Kier alpha value is -1.59. The minimum Gasteiger partial charge on any atom is -0.342 e. The molecule has 130 valence electrons. The van der Waals surface area contributed by atoms with Crippen molar-refractivity contribution in [2.45, 2.75) is 51.4 Å². The van der Waals surface area contributed by atoms with Crippen molar-refractivity contribution in [3.63, 3.8) is 0 Å². The standard InChI is InChI=1S/C18H24ClN3O2/c1-3-11(2)16-18(24)22-10-14(8-15(22)17(23)21-16)20-9-12-4-6-13(19)7-5-12/h4-7,11,14-16,20H,3,8-10H2,1-2H3,(H,21,23)/t11-,14-,15-,16-/m0/s1. The van der Waals surface area contributed by atoms with Crippen molar-refractivity contribution in [2.75, 3.05) is 6.54 Å². The zero-order valence-electron chi connectivity index (χ0n) is 14.1. The van der Waals surface area contributed by atoms with Gasteiger partial charge in [-0.25, -0.2) is 0 Å². The number of rotatable bonds is 5. The normalized spacial score (nSPS) is 27.8. The Labute approximate surface area is 147 Å². The first kappa shape index (κ1) is 17.2. The van der Waals surface area contributed by atoms with E-state index in [1.807, 2.05) is 38.1 Å². The predicted octanol–water partition coefficient (Wildman–Crippen LogP) is 1.94. The Balaban J connectivity index is 1.61. The fourth-order valence-electron chi connectivity index (χ4n) is 3.45. The van der Waals surface area contributed by atoms with Crippen molar-refractivity contribution in [1.29, 1.82) is 0 Å². The second-order valence-corrected chi connectivity index (χ2v) is 7.25. The lowest BCUT2D eigenvalue weighted by atomic mass is 9.95. The molecule has 0 unspecified atom stereocenters. The number of halogens is 1. The molecule has 2 fully saturated rings. The van der Waals surface area contributed by atoms with Crippen LogP contribution in [-0.4, -0.2) is 41.4 Å². The second-order valence-electron chi connectivity index (χ2n) is 6.82. The number of hydrogen-bond acceptors (Lipinski definition) is 3. The molecule has 3 rings (SSSR count). The van der Waals surface area contributed by atoms with Gasteiger partial charge in [0.15, 0.2) is 0 Å². The van der Waals surface area contributed by atoms with E-state index in [1.54, 1.807) is 4.90 Å². The smallest absolute Gasteiger partial charge is 0.246 e. The van der Waals surface area contributed by atoms with E-state index in [0.29, 0.717) is 19.5 Å². The summed E-state index contributed by atoms with van der Waals surface area (Å²) in [6.45, 7) is 5.34. The van der Waals surface area contributed by atoms with Crippen LogP contribution in [0.15, 0.2) is 24.3 Å². The molecule has 2 saturated heterocycles. The molecule has 24 heavy (non-hydrogen) atoms. The van der Waals surface area contributed by atoms with Crippen molar-refractivity contribution in [3.8, 4) is 0 Å². The highest BCUT2D eigenvalue weighted by atomic mass is 35.5. The highest BCUT2D eigenvalue weighted by molar-refractivity contribution is 6.30. The minimum absolute atomic E-state index is 0.0179. The van der Waals surface area contributed by atoms with Gasteiger partial charge >= 0.3 is 0 Å². The highest BCUT2D eigenvalue weighted by Gasteiger charge is 2.47. The molecule has 0 bridgehead atoms. The summed E-state index contributed by atoms with van der Waals surface area (Å²) in [5.41, 5.74) is 1.14. The average molecular weight is 350 g/mol. The van der Waals surface area contributed by atoms with E-state index in [4.69, 9.17) is 11.6 Å². The molecule has 0 radical (unpaired) electrons. The summed E-state index contributed by atoms with van der Waals surface area (Å²) in [6.07, 6.45) is 1.53. The van der Waals surface area contributed by atoms with Crippen LogP contribution in [0.5, 0.6) is 0 Å². The van der Waals surface area contributed by atoms with Crippen LogP contribution in [0.25, 0.3) is 0 Å². The van der Waals surface area contributed by atoms with Gasteiger partial charge in [-0.2, -0.15) is 0 Å². The molecular weight excluding hydrogens is 326 g/mol. The summed E-state index contributed by atoms with van der Waals surface area (Å²) in [4.78, 5) is 26.8. The Bertz CT molecular complexity index is 619. The van der Waals surface area contributed by atoms with Crippen LogP contribution in [0.4, 0.5) is 0 Å². The first-order valence-corrected chi connectivity index (χ1v) is 8.96. The molecule has 0 spiro atoms. The third-order valence-corrected chi connectivity index (χ3v) is 5.42. The molecule has 0 saturated carbocycles. The minimum atomic E-state index is -0.381. The van der Waals surface area contributed by atoms with Gasteiger partial charge in [-0.3, -0.25) is 9.59 Å². The molecule has 5 nitrogen and oxygen atoms in total. The topological polar surface area (TPSA) is 61.4 Å². The third-order valence-electron chi connectivity index (χ3n) is 5.17. The number of fused-ring (bicyclic) bond motifs is 1. The van der Waals surface area contributed by atoms with Gasteiger partial charge < -0.3 is 15.5 Å². The van der Waals surface area contributed by atoms with Gasteiger partial charge in [-0.15, -0.1) is 0 Å². The van der Waals surface area contributed by atoms with Gasteiger partial charge in [0.1, 0.15) is 12.1 Å². The fourth-order valence-corrected chi connectivity index (χ4v) is 3.58. The Morgan fingerprint density at radius 3 is 2.71 bits per heavy atom. The molecule has 2 aliphatic heterocycles. The van der Waals surface area contributed by atoms with Crippen molar-refractivity contribution < 1.29 is 9.59 Å². The number of nitrogens with one attached hydrogen (secondary N) is 2. The lowest BCUT2D eigenvalue weighted by Gasteiger charge is -2.36. The summed E-state index contributed by atoms with van der Waals surface area (Å²) in [6, 6.07) is 7.11. The SMILES string of the molecule is CC[C@H](C)[C@@H]1NC(=O)[C@@H]2C[C@H](NCc3ccc(Cl)cc3)CN2C1=O. The van der Waals surface area contributed by atoms with Crippen LogP contribution >= 0.6 is 11.6 Å². The fraction of sp³-hybridized carbons (Fsp3) is 0.556. The first-order chi connectivity index (χ1) is 11.5. The van der Waals surface area contributed by atoms with Crippen LogP contribution in [0, 0.1) is 5.92 Å². The maximum absolute atomic E-state index is 12.7. The third kappa shape index (κ3) is 3.42. The highest BCUT2D eigenvalue weighted by Crippen LogP contribution is 2.26. The Morgan fingerprint density at radius 2 is 2.04 bits per heavy atom. The van der Waals surface area contributed by atoms with Gasteiger partial charge in [0.05, 0.1) is 0 Å². The monoisotopic (exact) mass is 349 g/mol. The van der Waals surface area contributed by atoms with Crippen molar-refractivity contribution in [2.24, 2.45) is 5.92 Å². The van der Waals surface area contributed by atoms with E-state index < -0.39 is 0 Å². The summed E-state index contributed by atoms with van der Waals surface area (Å²) >= 11 is 5.90. The summed E-state index contributed by atoms with van der Waals surface area (Å²) < 4.78 is 0. The van der Waals surface area contributed by atoms with Crippen molar-refractivity contribution >= 4 is 23.4 Å². The lowest BCUT2D eigenvalue weighted by Crippen LogP contribution is -2.62. The maximum atomic E-state index is 12.7. The van der Waals surface area contributed by atoms with E-state index in [0.717, 1.165) is 17.0 Å². The quantitative estimate of drug-likeness (QED) is 0.854. The van der Waals surface area contributed by atoms with E-state index in [-0.39, 0.29) is 35.9 Å². The van der Waals surface area contributed by atoms with Gasteiger partial charge in [-0.05, 0) is 30.0 Å².